The second-order valence-corrected chi connectivity index (χ2v) is 7.59. The second-order valence-electron chi connectivity index (χ2n) is 6.59. The molecule has 30 heavy (non-hydrogen) atoms. The van der Waals surface area contributed by atoms with E-state index in [1.807, 2.05) is 66.7 Å². The highest BCUT2D eigenvalue weighted by molar-refractivity contribution is 7.20. The zero-order valence-corrected chi connectivity index (χ0v) is 16.9. The van der Waals surface area contributed by atoms with Crippen molar-refractivity contribution in [3.63, 3.8) is 0 Å². The highest BCUT2D eigenvalue weighted by Gasteiger charge is 2.17. The lowest BCUT2D eigenvalue weighted by Gasteiger charge is -2.05. The van der Waals surface area contributed by atoms with Crippen molar-refractivity contribution < 1.29 is 9.59 Å². The lowest BCUT2D eigenvalue weighted by molar-refractivity contribution is -0.115. The molecule has 0 aliphatic carbocycles. The number of amides is 2. The highest BCUT2D eigenvalue weighted by atomic mass is 32.1. The maximum absolute atomic E-state index is 12.6. The van der Waals surface area contributed by atoms with Gasteiger partial charge in [0.25, 0.3) is 5.91 Å². The standard InChI is InChI=1S/C24H19N3O2S/c28-20(16-17-10-4-1-5-11-17)25-23-21(18-12-6-2-7-13-18)26-24(30-23)27-22(29)19-14-8-3-9-15-19/h1-15H,16H2,(H,25,28)(H,26,27,29). The molecule has 4 rings (SSSR count). The van der Waals surface area contributed by atoms with Gasteiger partial charge in [0, 0.05) is 11.1 Å². The molecule has 0 fully saturated rings. The minimum absolute atomic E-state index is 0.136. The third-order valence-electron chi connectivity index (χ3n) is 4.39. The van der Waals surface area contributed by atoms with Crippen LogP contribution in [0.3, 0.4) is 0 Å². The molecule has 3 aromatic carbocycles. The Kier molecular flexibility index (Phi) is 5.96. The largest absolute Gasteiger partial charge is 0.316 e. The van der Waals surface area contributed by atoms with Crippen LogP contribution >= 0.6 is 11.3 Å². The van der Waals surface area contributed by atoms with Gasteiger partial charge >= 0.3 is 0 Å². The fourth-order valence-corrected chi connectivity index (χ4v) is 3.86. The Morgan fingerprint density at radius 2 is 1.37 bits per heavy atom. The second kappa shape index (κ2) is 9.15. The zero-order chi connectivity index (χ0) is 20.8. The number of carbonyl (C=O) groups excluding carboxylic acids is 2. The molecule has 4 aromatic rings. The van der Waals surface area contributed by atoms with Gasteiger partial charge in [-0.3, -0.25) is 14.9 Å². The Bertz CT molecular complexity index is 1140. The molecule has 148 valence electrons. The summed E-state index contributed by atoms with van der Waals surface area (Å²) in [5.74, 6) is -0.380. The molecule has 0 radical (unpaired) electrons. The minimum atomic E-state index is -0.244. The third kappa shape index (κ3) is 4.79. The first-order valence-corrected chi connectivity index (χ1v) is 10.3. The molecule has 0 aliphatic heterocycles. The molecule has 0 atom stereocenters. The van der Waals surface area contributed by atoms with E-state index in [9.17, 15) is 9.59 Å². The van der Waals surface area contributed by atoms with Gasteiger partial charge in [-0.15, -0.1) is 0 Å². The number of hydrogen-bond acceptors (Lipinski definition) is 4. The van der Waals surface area contributed by atoms with Gasteiger partial charge in [-0.25, -0.2) is 4.98 Å². The van der Waals surface area contributed by atoms with E-state index in [0.29, 0.717) is 21.4 Å². The first-order valence-electron chi connectivity index (χ1n) is 9.45. The van der Waals surface area contributed by atoms with Crippen LogP contribution in [0.15, 0.2) is 91.0 Å². The number of hydrogen-bond donors (Lipinski definition) is 2. The molecule has 0 bridgehead atoms. The number of carbonyl (C=O) groups is 2. The van der Waals surface area contributed by atoms with Crippen molar-refractivity contribution in [1.29, 1.82) is 0 Å². The summed E-state index contributed by atoms with van der Waals surface area (Å²) in [6.45, 7) is 0. The summed E-state index contributed by atoms with van der Waals surface area (Å²) in [5.41, 5.74) is 2.97. The summed E-state index contributed by atoms with van der Waals surface area (Å²) in [4.78, 5) is 29.7. The molecule has 6 heteroatoms. The van der Waals surface area contributed by atoms with Gasteiger partial charge in [-0.05, 0) is 17.7 Å². The average Bonchev–Trinajstić information content (AvgIpc) is 3.17. The van der Waals surface area contributed by atoms with Crippen LogP contribution < -0.4 is 10.6 Å². The van der Waals surface area contributed by atoms with Crippen LogP contribution in [-0.2, 0) is 11.2 Å². The molecule has 1 aromatic heterocycles. The van der Waals surface area contributed by atoms with Gasteiger partial charge in [0.05, 0.1) is 6.42 Å². The molecule has 0 aliphatic rings. The Labute approximate surface area is 178 Å². The number of benzene rings is 3. The molecular weight excluding hydrogens is 394 g/mol. The number of rotatable bonds is 6. The molecule has 1 heterocycles. The van der Waals surface area contributed by atoms with Crippen molar-refractivity contribution in [3.05, 3.63) is 102 Å². The SMILES string of the molecule is O=C(Cc1ccccc1)Nc1sc(NC(=O)c2ccccc2)nc1-c1ccccc1. The topological polar surface area (TPSA) is 71.1 Å². The smallest absolute Gasteiger partial charge is 0.257 e. The van der Waals surface area contributed by atoms with E-state index >= 15 is 0 Å². The first kappa shape index (κ1) is 19.5. The van der Waals surface area contributed by atoms with Crippen LogP contribution in [-0.4, -0.2) is 16.8 Å². The molecule has 0 saturated carbocycles. The van der Waals surface area contributed by atoms with Crippen LogP contribution in [0.4, 0.5) is 10.1 Å². The highest BCUT2D eigenvalue weighted by Crippen LogP contribution is 2.36. The number of anilines is 2. The monoisotopic (exact) mass is 413 g/mol. The fraction of sp³-hybridized carbons (Fsp3) is 0.0417. The van der Waals surface area contributed by atoms with Crippen molar-refractivity contribution in [2.24, 2.45) is 0 Å². The van der Waals surface area contributed by atoms with Crippen molar-refractivity contribution in [2.75, 3.05) is 10.6 Å². The molecule has 2 N–H and O–H groups in total. The van der Waals surface area contributed by atoms with E-state index in [1.54, 1.807) is 24.3 Å². The minimum Gasteiger partial charge on any atom is -0.316 e. The van der Waals surface area contributed by atoms with E-state index in [1.165, 1.54) is 11.3 Å². The average molecular weight is 414 g/mol. The number of nitrogens with one attached hydrogen (secondary N) is 2. The Balaban J connectivity index is 1.58. The summed E-state index contributed by atoms with van der Waals surface area (Å²) in [6, 6.07) is 28.1. The molecule has 5 nitrogen and oxygen atoms in total. The summed E-state index contributed by atoms with van der Waals surface area (Å²) in [5, 5.41) is 6.82. The number of nitrogens with zero attached hydrogens (tertiary/aromatic N) is 1. The Morgan fingerprint density at radius 3 is 2.03 bits per heavy atom. The van der Waals surface area contributed by atoms with E-state index in [4.69, 9.17) is 0 Å². The molecule has 0 unspecified atom stereocenters. The molecule has 0 saturated heterocycles. The van der Waals surface area contributed by atoms with Crippen molar-refractivity contribution in [1.82, 2.24) is 4.98 Å². The Morgan fingerprint density at radius 1 is 0.767 bits per heavy atom. The lowest BCUT2D eigenvalue weighted by Crippen LogP contribution is -2.14. The van der Waals surface area contributed by atoms with Crippen LogP contribution in [0.2, 0.25) is 0 Å². The van der Waals surface area contributed by atoms with E-state index < -0.39 is 0 Å². The molecule has 2 amide bonds. The molecule has 0 spiro atoms. The lowest BCUT2D eigenvalue weighted by atomic mass is 10.1. The predicted molar refractivity (Wildman–Crippen MR) is 121 cm³/mol. The van der Waals surface area contributed by atoms with E-state index in [2.05, 4.69) is 15.6 Å². The maximum atomic E-state index is 12.6. The van der Waals surface area contributed by atoms with Gasteiger partial charge in [-0.1, -0.05) is 90.2 Å². The van der Waals surface area contributed by atoms with Crippen molar-refractivity contribution in [3.8, 4) is 11.3 Å². The number of thiazole rings is 1. The third-order valence-corrected chi connectivity index (χ3v) is 5.28. The summed E-state index contributed by atoms with van der Waals surface area (Å²) < 4.78 is 0. The van der Waals surface area contributed by atoms with Crippen LogP contribution in [0.5, 0.6) is 0 Å². The van der Waals surface area contributed by atoms with Crippen LogP contribution in [0.25, 0.3) is 11.3 Å². The van der Waals surface area contributed by atoms with Crippen LogP contribution in [0, 0.1) is 0 Å². The van der Waals surface area contributed by atoms with Gasteiger partial charge < -0.3 is 5.32 Å². The first-order chi connectivity index (χ1) is 14.7. The van der Waals surface area contributed by atoms with Crippen molar-refractivity contribution >= 4 is 33.3 Å². The van der Waals surface area contributed by atoms with Gasteiger partial charge in [-0.2, -0.15) is 0 Å². The van der Waals surface area contributed by atoms with E-state index in [-0.39, 0.29) is 18.2 Å². The summed E-state index contributed by atoms with van der Waals surface area (Å²) in [6.07, 6.45) is 0.263. The molecular formula is C24H19N3O2S. The quantitative estimate of drug-likeness (QED) is 0.454. The predicted octanol–water partition coefficient (Wildman–Crippen LogP) is 5.24. The van der Waals surface area contributed by atoms with E-state index in [0.717, 1.165) is 11.1 Å². The maximum Gasteiger partial charge on any atom is 0.257 e. The fourth-order valence-electron chi connectivity index (χ4n) is 2.96. The van der Waals surface area contributed by atoms with Crippen LogP contribution in [0.1, 0.15) is 15.9 Å². The van der Waals surface area contributed by atoms with Gasteiger partial charge in [0.15, 0.2) is 5.13 Å². The summed E-state index contributed by atoms with van der Waals surface area (Å²) >= 11 is 1.24. The van der Waals surface area contributed by atoms with Gasteiger partial charge in [0.2, 0.25) is 5.91 Å². The Hall–Kier alpha value is -3.77. The normalized spacial score (nSPS) is 10.4. The number of aromatic nitrogens is 1. The summed E-state index contributed by atoms with van der Waals surface area (Å²) in [7, 11) is 0. The zero-order valence-electron chi connectivity index (χ0n) is 16.0. The van der Waals surface area contributed by atoms with Crippen molar-refractivity contribution in [2.45, 2.75) is 6.42 Å². The van der Waals surface area contributed by atoms with Gasteiger partial charge in [0.1, 0.15) is 10.7 Å².